The number of hydrogen-bond donors (Lipinski definition) is 1. The van der Waals surface area contributed by atoms with E-state index < -0.39 is 66.0 Å². The van der Waals surface area contributed by atoms with Crippen molar-refractivity contribution in [1.29, 1.82) is 0 Å². The molecule has 17 nitrogen and oxygen atoms in total. The van der Waals surface area contributed by atoms with Crippen molar-refractivity contribution in [3.8, 4) is 0 Å². The van der Waals surface area contributed by atoms with Crippen LogP contribution in [0.25, 0.3) is 0 Å². The first kappa shape index (κ1) is 70.0. The summed E-state index contributed by atoms with van der Waals surface area (Å²) < 4.78 is 40.0. The highest BCUT2D eigenvalue weighted by Gasteiger charge is 2.36. The first-order valence-electron chi connectivity index (χ1n) is 30.1. The van der Waals surface area contributed by atoms with Crippen molar-refractivity contribution >= 4 is 41.9 Å². The predicted molar refractivity (Wildman–Crippen MR) is 293 cm³/mol. The van der Waals surface area contributed by atoms with Crippen molar-refractivity contribution in [3.63, 3.8) is 0 Å². The fraction of sp³-hybridized carbons (Fsp3) is 0.881. The maximum atomic E-state index is 13.8. The van der Waals surface area contributed by atoms with Crippen LogP contribution < -0.4 is 0 Å². The van der Waals surface area contributed by atoms with E-state index in [0.717, 1.165) is 128 Å². The molecule has 0 unspecified atom stereocenters. The van der Waals surface area contributed by atoms with Gasteiger partial charge in [-0.3, -0.25) is 28.8 Å². The Morgan fingerprint density at radius 2 is 0.750 bits per heavy atom. The molecule has 76 heavy (non-hydrogen) atoms. The lowest BCUT2D eigenvalue weighted by Crippen LogP contribution is -2.51. The highest BCUT2D eigenvalue weighted by atomic mass is 16.6. The lowest BCUT2D eigenvalue weighted by Gasteiger charge is -2.36. The molecule has 0 aromatic heterocycles. The quantitative estimate of drug-likeness (QED) is 0.0341. The Morgan fingerprint density at radius 1 is 0.434 bits per heavy atom. The van der Waals surface area contributed by atoms with Crippen LogP contribution in [0.1, 0.15) is 240 Å². The zero-order valence-electron chi connectivity index (χ0n) is 48.3. The van der Waals surface area contributed by atoms with Gasteiger partial charge in [0.1, 0.15) is 12.2 Å². The third-order valence-corrected chi connectivity index (χ3v) is 13.6. The molecular weight excluding hydrogens is 977 g/mol. The third kappa shape index (κ3) is 40.3. The molecule has 1 aliphatic rings. The number of hydrogen-bond acceptors (Lipinski definition) is 16. The van der Waals surface area contributed by atoms with Gasteiger partial charge in [0.25, 0.3) is 0 Å². The van der Waals surface area contributed by atoms with Crippen LogP contribution in [-0.2, 0) is 61.9 Å². The van der Waals surface area contributed by atoms with Crippen molar-refractivity contribution in [2.45, 2.75) is 252 Å². The Balaban J connectivity index is 3.17. The molecule has 1 heterocycles. The average Bonchev–Trinajstić information content (AvgIpc) is 3.39. The van der Waals surface area contributed by atoms with Gasteiger partial charge in [0, 0.05) is 63.6 Å². The third-order valence-electron chi connectivity index (χ3n) is 13.6. The Kier molecular flexibility index (Phi) is 44.4. The van der Waals surface area contributed by atoms with E-state index >= 15 is 0 Å². The van der Waals surface area contributed by atoms with E-state index in [9.17, 15) is 38.7 Å². The van der Waals surface area contributed by atoms with E-state index in [0.29, 0.717) is 51.6 Å². The van der Waals surface area contributed by atoms with Crippen LogP contribution in [0.15, 0.2) is 0 Å². The fourth-order valence-electron chi connectivity index (χ4n) is 8.97. The van der Waals surface area contributed by atoms with Crippen LogP contribution in [0.5, 0.6) is 0 Å². The number of amides is 1. The molecule has 0 bridgehead atoms. The normalized spacial score (nSPS) is 14.5. The van der Waals surface area contributed by atoms with Crippen molar-refractivity contribution in [1.82, 2.24) is 9.80 Å². The highest BCUT2D eigenvalue weighted by Crippen LogP contribution is 2.22. The van der Waals surface area contributed by atoms with E-state index in [1.165, 1.54) is 4.90 Å². The first-order chi connectivity index (χ1) is 36.8. The van der Waals surface area contributed by atoms with Gasteiger partial charge in [0.2, 0.25) is 0 Å². The fourth-order valence-corrected chi connectivity index (χ4v) is 8.97. The van der Waals surface area contributed by atoms with Crippen molar-refractivity contribution < 1.29 is 71.8 Å². The standard InChI is InChI=1S/C59H106N2O15/c1-6-10-14-18-22-26-32-53(63)71-45-49(46-72-54(64)33-27-23-19-15-11-7-2)40-57(67)75-51-42-52(44-61(43-51)59(69)70-39-31-37-60(5)36-30-38-62)76-58(68)41-50(47-73-55(65)34-28-24-20-16-12-8-3)48-74-56(66)35-29-25-21-17-13-9-4/h49-52,62H,6-48H2,1-5H3/t51-,52+. The molecule has 0 radical (unpaired) electrons. The summed E-state index contributed by atoms with van der Waals surface area (Å²) in [5.41, 5.74) is 0. The van der Waals surface area contributed by atoms with E-state index in [-0.39, 0.29) is 97.7 Å². The number of ether oxygens (including phenoxy) is 7. The molecular formula is C59H106N2O15. The lowest BCUT2D eigenvalue weighted by molar-refractivity contribution is -0.166. The van der Waals surface area contributed by atoms with E-state index in [1.54, 1.807) is 0 Å². The minimum Gasteiger partial charge on any atom is -0.465 e. The Bertz CT molecular complexity index is 1380. The summed E-state index contributed by atoms with van der Waals surface area (Å²) in [7, 11) is 1.91. The summed E-state index contributed by atoms with van der Waals surface area (Å²) in [6.07, 6.45) is 23.3. The Hall–Kier alpha value is -3.99. The van der Waals surface area contributed by atoms with E-state index in [2.05, 4.69) is 27.7 Å². The molecule has 0 spiro atoms. The van der Waals surface area contributed by atoms with Crippen LogP contribution in [0.2, 0.25) is 0 Å². The van der Waals surface area contributed by atoms with E-state index in [4.69, 9.17) is 33.2 Å². The monoisotopic (exact) mass is 1080 g/mol. The van der Waals surface area contributed by atoms with Gasteiger partial charge in [-0.1, -0.05) is 156 Å². The van der Waals surface area contributed by atoms with Gasteiger partial charge in [-0.2, -0.15) is 0 Å². The van der Waals surface area contributed by atoms with Crippen molar-refractivity contribution in [3.05, 3.63) is 0 Å². The molecule has 0 aliphatic carbocycles. The van der Waals surface area contributed by atoms with E-state index in [1.807, 2.05) is 11.9 Å². The smallest absolute Gasteiger partial charge is 0.410 e. The summed E-state index contributed by atoms with van der Waals surface area (Å²) in [6.45, 7) is 9.35. The second kappa shape index (κ2) is 48.2. The van der Waals surface area contributed by atoms with Crippen LogP contribution in [0.4, 0.5) is 4.79 Å². The predicted octanol–water partition coefficient (Wildman–Crippen LogP) is 11.5. The molecule has 0 aromatic rings. The molecule has 2 atom stereocenters. The first-order valence-corrected chi connectivity index (χ1v) is 30.1. The number of rotatable bonds is 49. The number of piperidine rings is 1. The van der Waals surface area contributed by atoms with Gasteiger partial charge in [0.15, 0.2) is 0 Å². The molecule has 1 fully saturated rings. The number of carbonyl (C=O) groups is 7. The van der Waals surface area contributed by atoms with Gasteiger partial charge in [0.05, 0.1) is 59.0 Å². The average molecular weight is 1080 g/mol. The Morgan fingerprint density at radius 3 is 1.08 bits per heavy atom. The van der Waals surface area contributed by atoms with Crippen LogP contribution in [0.3, 0.4) is 0 Å². The number of likely N-dealkylation sites (tertiary alicyclic amines) is 1. The number of esters is 6. The minimum absolute atomic E-state index is 0.0488. The second-order valence-corrected chi connectivity index (χ2v) is 21.2. The number of nitrogens with zero attached hydrogens (tertiary/aromatic N) is 2. The Labute approximate surface area is 458 Å². The largest absolute Gasteiger partial charge is 0.465 e. The minimum atomic E-state index is -0.927. The summed E-state index contributed by atoms with van der Waals surface area (Å²) in [4.78, 5) is 95.6. The van der Waals surface area contributed by atoms with Crippen LogP contribution >= 0.6 is 0 Å². The highest BCUT2D eigenvalue weighted by molar-refractivity contribution is 5.73. The maximum Gasteiger partial charge on any atom is 0.410 e. The van der Waals surface area contributed by atoms with Gasteiger partial charge in [-0.15, -0.1) is 0 Å². The second-order valence-electron chi connectivity index (χ2n) is 21.2. The van der Waals surface area contributed by atoms with Gasteiger partial charge >= 0.3 is 41.9 Å². The number of unbranched alkanes of at least 4 members (excludes halogenated alkanes) is 20. The number of aliphatic hydroxyl groups excluding tert-OH is 1. The molecule has 1 N–H and O–H groups in total. The summed E-state index contributed by atoms with van der Waals surface area (Å²) >= 11 is 0. The molecule has 442 valence electrons. The van der Waals surface area contributed by atoms with Gasteiger partial charge in [-0.05, 0) is 45.6 Å². The molecule has 1 saturated heterocycles. The molecule has 0 saturated carbocycles. The van der Waals surface area contributed by atoms with Crippen molar-refractivity contribution in [2.75, 3.05) is 72.9 Å². The zero-order valence-corrected chi connectivity index (χ0v) is 48.3. The van der Waals surface area contributed by atoms with Crippen molar-refractivity contribution in [2.24, 2.45) is 11.8 Å². The summed E-state index contributed by atoms with van der Waals surface area (Å²) in [5, 5.41) is 9.19. The van der Waals surface area contributed by atoms with Crippen LogP contribution in [-0.4, -0.2) is 142 Å². The summed E-state index contributed by atoms with van der Waals surface area (Å²) in [5.74, 6) is -4.31. The topological polar surface area (TPSA) is 211 Å². The maximum absolute atomic E-state index is 13.8. The lowest BCUT2D eigenvalue weighted by atomic mass is 10.0. The number of aliphatic hydroxyl groups is 1. The molecule has 0 aromatic carbocycles. The van der Waals surface area contributed by atoms with Gasteiger partial charge in [-0.25, -0.2) is 4.79 Å². The molecule has 1 aliphatic heterocycles. The molecule has 1 amide bonds. The van der Waals surface area contributed by atoms with Crippen LogP contribution in [0, 0.1) is 11.8 Å². The molecule has 17 heteroatoms. The molecule has 1 rings (SSSR count). The van der Waals surface area contributed by atoms with Gasteiger partial charge < -0.3 is 48.1 Å². The summed E-state index contributed by atoms with van der Waals surface area (Å²) in [6, 6.07) is 0. The SMILES string of the molecule is CCCCCCCCC(=O)OCC(COC(=O)CCCCCCCC)CC(=O)O[C@@H]1C[C@H](OC(=O)CC(COC(=O)CCCCCCCC)COC(=O)CCCCCCCC)CN(C(=O)OCCCN(C)CCCO)C1. The number of carbonyl (C=O) groups excluding carboxylic acids is 7. The zero-order chi connectivity index (χ0) is 55.9.